The summed E-state index contributed by atoms with van der Waals surface area (Å²) in [6, 6.07) is 17.6. The summed E-state index contributed by atoms with van der Waals surface area (Å²) in [5.41, 5.74) is 6.34. The molecule has 0 spiro atoms. The molecule has 50 heavy (non-hydrogen) atoms. The molecule has 4 heterocycles. The zero-order valence-corrected chi connectivity index (χ0v) is 30.3. The molecule has 262 valence electrons. The molecule has 2 aliphatic heterocycles. The van der Waals surface area contributed by atoms with Crippen LogP contribution in [0.15, 0.2) is 60.8 Å². The number of hydrogen-bond acceptors (Lipinski definition) is 8. The van der Waals surface area contributed by atoms with Crippen molar-refractivity contribution in [2.75, 3.05) is 54.5 Å². The Hall–Kier alpha value is -4.22. The lowest BCUT2D eigenvalue weighted by Crippen LogP contribution is -2.27. The van der Waals surface area contributed by atoms with Gasteiger partial charge in [0, 0.05) is 91.7 Å². The lowest BCUT2D eigenvalue weighted by molar-refractivity contribution is -0.120. The molecule has 2 N–H and O–H groups in total. The predicted molar refractivity (Wildman–Crippen MR) is 196 cm³/mol. The van der Waals surface area contributed by atoms with Crippen LogP contribution in [0.25, 0.3) is 33.6 Å². The summed E-state index contributed by atoms with van der Waals surface area (Å²) < 4.78 is 11.5. The van der Waals surface area contributed by atoms with Crippen molar-refractivity contribution in [3.8, 4) is 45.3 Å². The normalized spacial score (nSPS) is 17.4. The SMILES string of the molecule is COc1cc(-c2nccc(-c3cccc(-c4ccc(CN(C)C[C@H]5CNC(=O)C5)c(OC)n4)c3Cl)c2Cl)ccc1CN(C)C[C@@H]1CNC(=O)C1. The number of rotatable bonds is 13. The highest BCUT2D eigenvalue weighted by Gasteiger charge is 2.25. The molecule has 2 fully saturated rings. The molecule has 6 rings (SSSR count). The molecule has 2 atom stereocenters. The van der Waals surface area contributed by atoms with E-state index in [1.54, 1.807) is 20.4 Å². The molecule has 2 saturated heterocycles. The van der Waals surface area contributed by atoms with Crippen LogP contribution in [0.4, 0.5) is 0 Å². The number of pyridine rings is 2. The number of halogens is 2. The van der Waals surface area contributed by atoms with Gasteiger partial charge in [0.1, 0.15) is 5.75 Å². The smallest absolute Gasteiger partial charge is 0.220 e. The van der Waals surface area contributed by atoms with E-state index in [4.69, 9.17) is 37.7 Å². The van der Waals surface area contributed by atoms with Gasteiger partial charge in [0.2, 0.25) is 17.7 Å². The lowest BCUT2D eigenvalue weighted by Gasteiger charge is -2.21. The standard InChI is InChI=1S/C38H42Cl2N6O4/c1-45(19-23-14-33(47)42-17-23)21-26-9-8-25(16-32(26)49-3)37-36(40)29(12-13-41-37)28-6-5-7-30(35(28)39)31-11-10-27(38(44-31)50-4)22-46(2)20-24-15-34(48)43-18-24/h5-13,16,23-24H,14-15,17-22H2,1-4H3,(H,42,47)(H,43,48)/t23-,24+/m0/s1. The first-order valence-corrected chi connectivity index (χ1v) is 17.4. The van der Waals surface area contributed by atoms with Crippen molar-refractivity contribution < 1.29 is 19.1 Å². The Morgan fingerprint density at radius 1 is 0.780 bits per heavy atom. The second kappa shape index (κ2) is 15.8. The molecule has 0 aliphatic carbocycles. The van der Waals surface area contributed by atoms with E-state index in [9.17, 15) is 9.59 Å². The third-order valence-corrected chi connectivity index (χ3v) is 10.1. The van der Waals surface area contributed by atoms with Crippen LogP contribution in [0.3, 0.4) is 0 Å². The van der Waals surface area contributed by atoms with Crippen LogP contribution >= 0.6 is 23.2 Å². The number of ether oxygens (including phenoxy) is 2. The molecule has 0 saturated carbocycles. The van der Waals surface area contributed by atoms with E-state index in [0.717, 1.165) is 52.2 Å². The fourth-order valence-electron chi connectivity index (χ4n) is 6.91. The van der Waals surface area contributed by atoms with E-state index >= 15 is 0 Å². The van der Waals surface area contributed by atoms with Gasteiger partial charge in [-0.1, -0.05) is 59.6 Å². The van der Waals surface area contributed by atoms with Crippen LogP contribution in [-0.4, -0.2) is 86.1 Å². The van der Waals surface area contributed by atoms with Crippen molar-refractivity contribution in [3.05, 3.63) is 82.0 Å². The first kappa shape index (κ1) is 35.6. The third kappa shape index (κ3) is 8.05. The molecule has 0 radical (unpaired) electrons. The van der Waals surface area contributed by atoms with Crippen LogP contribution in [0.2, 0.25) is 10.0 Å². The number of carbonyl (C=O) groups excluding carboxylic acids is 2. The van der Waals surface area contributed by atoms with Gasteiger partial charge in [0.25, 0.3) is 0 Å². The van der Waals surface area contributed by atoms with Crippen LogP contribution in [-0.2, 0) is 22.7 Å². The Balaban J connectivity index is 1.22. The first-order chi connectivity index (χ1) is 24.1. The quantitative estimate of drug-likeness (QED) is 0.175. The van der Waals surface area contributed by atoms with Gasteiger partial charge in [-0.15, -0.1) is 0 Å². The first-order valence-electron chi connectivity index (χ1n) is 16.7. The Kier molecular flexibility index (Phi) is 11.2. The minimum Gasteiger partial charge on any atom is -0.496 e. The van der Waals surface area contributed by atoms with E-state index in [1.165, 1.54) is 0 Å². The van der Waals surface area contributed by atoms with Crippen molar-refractivity contribution in [2.45, 2.75) is 25.9 Å². The fraction of sp³-hybridized carbons (Fsp3) is 0.368. The Morgan fingerprint density at radius 2 is 1.40 bits per heavy atom. The highest BCUT2D eigenvalue weighted by atomic mass is 35.5. The lowest BCUT2D eigenvalue weighted by atomic mass is 9.99. The number of methoxy groups -OCH3 is 2. The molecule has 12 heteroatoms. The summed E-state index contributed by atoms with van der Waals surface area (Å²) in [5.74, 6) is 2.08. The van der Waals surface area contributed by atoms with Crippen LogP contribution in [0.1, 0.15) is 24.0 Å². The Labute approximate surface area is 303 Å². The third-order valence-electron chi connectivity index (χ3n) is 9.29. The van der Waals surface area contributed by atoms with E-state index in [1.807, 2.05) is 61.6 Å². The fourth-order valence-corrected chi connectivity index (χ4v) is 7.56. The molecule has 0 bridgehead atoms. The maximum atomic E-state index is 11.6. The summed E-state index contributed by atoms with van der Waals surface area (Å²) in [4.78, 5) is 37.1. The molecule has 0 unspecified atom stereocenters. The maximum absolute atomic E-state index is 11.6. The molecule has 2 aromatic carbocycles. The summed E-state index contributed by atoms with van der Waals surface area (Å²) in [7, 11) is 7.36. The summed E-state index contributed by atoms with van der Waals surface area (Å²) in [6.07, 6.45) is 2.85. The molecule has 10 nitrogen and oxygen atoms in total. The minimum absolute atomic E-state index is 0.109. The summed E-state index contributed by atoms with van der Waals surface area (Å²) in [6.45, 7) is 4.33. The number of hydrogen-bond donors (Lipinski definition) is 2. The van der Waals surface area contributed by atoms with Crippen molar-refractivity contribution >= 4 is 35.0 Å². The summed E-state index contributed by atoms with van der Waals surface area (Å²) >= 11 is 14.2. The topological polar surface area (TPSA) is 109 Å². The van der Waals surface area contributed by atoms with Gasteiger partial charge in [-0.25, -0.2) is 4.98 Å². The van der Waals surface area contributed by atoms with Crippen molar-refractivity contribution in [3.63, 3.8) is 0 Å². The molecule has 4 aromatic rings. The van der Waals surface area contributed by atoms with Gasteiger partial charge < -0.3 is 29.9 Å². The van der Waals surface area contributed by atoms with Crippen LogP contribution in [0.5, 0.6) is 11.6 Å². The summed E-state index contributed by atoms with van der Waals surface area (Å²) in [5, 5.41) is 6.80. The van der Waals surface area contributed by atoms with Crippen molar-refractivity contribution in [2.24, 2.45) is 11.8 Å². The van der Waals surface area contributed by atoms with Gasteiger partial charge in [-0.3, -0.25) is 14.6 Å². The van der Waals surface area contributed by atoms with Crippen molar-refractivity contribution in [1.29, 1.82) is 0 Å². The van der Waals surface area contributed by atoms with Gasteiger partial charge in [-0.05, 0) is 44.1 Å². The van der Waals surface area contributed by atoms with Crippen LogP contribution < -0.4 is 20.1 Å². The number of nitrogens with zero attached hydrogens (tertiary/aromatic N) is 4. The van der Waals surface area contributed by atoms with Gasteiger partial charge >= 0.3 is 0 Å². The molecule has 2 aliphatic rings. The van der Waals surface area contributed by atoms with E-state index in [2.05, 4.69) is 32.5 Å². The van der Waals surface area contributed by atoms with Gasteiger partial charge in [-0.2, -0.15) is 0 Å². The number of benzene rings is 2. The zero-order chi connectivity index (χ0) is 35.4. The highest BCUT2D eigenvalue weighted by molar-refractivity contribution is 6.39. The van der Waals surface area contributed by atoms with Crippen molar-refractivity contribution in [1.82, 2.24) is 30.4 Å². The molecular formula is C38H42Cl2N6O4. The second-order valence-electron chi connectivity index (χ2n) is 13.2. The highest BCUT2D eigenvalue weighted by Crippen LogP contribution is 2.42. The number of carbonyl (C=O) groups is 2. The molecular weight excluding hydrogens is 675 g/mol. The number of amides is 2. The van der Waals surface area contributed by atoms with Gasteiger partial charge in [0.05, 0.1) is 35.7 Å². The molecule has 2 amide bonds. The monoisotopic (exact) mass is 716 g/mol. The number of nitrogens with one attached hydrogen (secondary N) is 2. The van der Waals surface area contributed by atoms with Crippen LogP contribution in [0, 0.1) is 11.8 Å². The Morgan fingerprint density at radius 3 is 2.02 bits per heavy atom. The maximum Gasteiger partial charge on any atom is 0.220 e. The zero-order valence-electron chi connectivity index (χ0n) is 28.8. The Bertz CT molecular complexity index is 1750. The van der Waals surface area contributed by atoms with E-state index < -0.39 is 0 Å². The molecule has 2 aromatic heterocycles. The van der Waals surface area contributed by atoms with E-state index in [-0.39, 0.29) is 11.8 Å². The van der Waals surface area contributed by atoms with E-state index in [0.29, 0.717) is 78.2 Å². The predicted octanol–water partition coefficient (Wildman–Crippen LogP) is 5.94. The minimum atomic E-state index is 0.109. The number of aromatic nitrogens is 2. The largest absolute Gasteiger partial charge is 0.496 e. The van der Waals surface area contributed by atoms with Gasteiger partial charge in [0.15, 0.2) is 0 Å². The average Bonchev–Trinajstić information content (AvgIpc) is 3.71. The average molecular weight is 718 g/mol. The second-order valence-corrected chi connectivity index (χ2v) is 14.0.